The number of nitrogens with one attached hydrogen (secondary N) is 2. The summed E-state index contributed by atoms with van der Waals surface area (Å²) in [7, 11) is 0. The molecule has 2 aromatic rings. The normalized spacial score (nSPS) is 9.89. The second-order valence-electron chi connectivity index (χ2n) is 3.42. The van der Waals surface area contributed by atoms with E-state index in [4.69, 9.17) is 4.42 Å². The number of rotatable bonds is 2. The topological polar surface area (TPSA) is 91.6 Å². The Kier molecular flexibility index (Phi) is 4.09. The number of para-hydroxylation sites is 1. The molecular weight excluding hydrogens is 268 g/mol. The predicted molar refractivity (Wildman–Crippen MR) is 68.7 cm³/mol. The lowest BCUT2D eigenvalue weighted by molar-refractivity contribution is 0.0936. The van der Waals surface area contributed by atoms with Crippen LogP contribution in [0.1, 0.15) is 10.4 Å². The quantitative estimate of drug-likeness (QED) is 0.578. The van der Waals surface area contributed by atoms with Gasteiger partial charge in [-0.1, -0.05) is 12.1 Å². The zero-order valence-electron chi connectivity index (χ0n) is 9.62. The number of furan rings is 1. The summed E-state index contributed by atoms with van der Waals surface area (Å²) in [5.74, 6) is -0.764. The number of phenols is 1. The van der Waals surface area contributed by atoms with E-state index in [9.17, 15) is 14.7 Å². The Morgan fingerprint density at radius 3 is 2.58 bits per heavy atom. The number of phenolic OH excluding ortho intramolecular Hbond substituents is 1. The Balaban J connectivity index is 1.87. The maximum absolute atomic E-state index is 11.7. The van der Waals surface area contributed by atoms with E-state index in [2.05, 4.69) is 10.9 Å². The Bertz CT molecular complexity index is 583. The van der Waals surface area contributed by atoms with Gasteiger partial charge < -0.3 is 9.52 Å². The molecular formula is C12H10N2O4S. The van der Waals surface area contributed by atoms with Crippen molar-refractivity contribution in [1.29, 1.82) is 0 Å². The summed E-state index contributed by atoms with van der Waals surface area (Å²) in [5.41, 5.74) is 4.47. The molecule has 6 nitrogen and oxygen atoms in total. The summed E-state index contributed by atoms with van der Waals surface area (Å²) in [5, 5.41) is 9.37. The summed E-state index contributed by atoms with van der Waals surface area (Å²) in [4.78, 5) is 23.1. The number of amides is 2. The molecule has 1 aromatic heterocycles. The third kappa shape index (κ3) is 3.52. The van der Waals surface area contributed by atoms with Crippen LogP contribution >= 0.6 is 11.8 Å². The van der Waals surface area contributed by atoms with Crippen molar-refractivity contribution in [2.24, 2.45) is 0 Å². The fraction of sp³-hybridized carbons (Fsp3) is 0. The van der Waals surface area contributed by atoms with Crippen molar-refractivity contribution >= 4 is 22.9 Å². The number of aromatic hydroxyl groups is 1. The molecule has 1 heterocycles. The van der Waals surface area contributed by atoms with Gasteiger partial charge in [-0.25, -0.2) is 0 Å². The molecule has 2 amide bonds. The highest BCUT2D eigenvalue weighted by Crippen LogP contribution is 2.18. The Morgan fingerprint density at radius 1 is 1.11 bits per heavy atom. The van der Waals surface area contributed by atoms with Crippen LogP contribution in [0.15, 0.2) is 52.2 Å². The summed E-state index contributed by atoms with van der Waals surface area (Å²) in [6.45, 7) is 0. The molecule has 0 aliphatic carbocycles. The molecule has 0 fully saturated rings. The number of thioether (sulfide) groups is 1. The van der Waals surface area contributed by atoms with Gasteiger partial charge in [0.1, 0.15) is 5.75 Å². The van der Waals surface area contributed by atoms with Crippen LogP contribution in [0.25, 0.3) is 0 Å². The van der Waals surface area contributed by atoms with E-state index in [1.54, 1.807) is 24.3 Å². The smallest absolute Gasteiger partial charge is 0.305 e. The van der Waals surface area contributed by atoms with Crippen LogP contribution in [0.2, 0.25) is 0 Å². The van der Waals surface area contributed by atoms with Crippen LogP contribution in [0.3, 0.4) is 0 Å². The zero-order chi connectivity index (χ0) is 13.7. The third-order valence-electron chi connectivity index (χ3n) is 2.12. The van der Waals surface area contributed by atoms with Gasteiger partial charge in [-0.2, -0.15) is 0 Å². The maximum atomic E-state index is 11.7. The molecule has 0 spiro atoms. The van der Waals surface area contributed by atoms with Crippen molar-refractivity contribution in [2.75, 3.05) is 0 Å². The van der Waals surface area contributed by atoms with Gasteiger partial charge in [-0.15, -0.1) is 0 Å². The number of hydrazine groups is 1. The first-order valence-corrected chi connectivity index (χ1v) is 6.08. The van der Waals surface area contributed by atoms with Gasteiger partial charge >= 0.3 is 5.24 Å². The molecule has 0 aliphatic rings. The second-order valence-corrected chi connectivity index (χ2v) is 4.40. The minimum atomic E-state index is -0.605. The van der Waals surface area contributed by atoms with E-state index >= 15 is 0 Å². The number of carbonyl (C=O) groups excluding carboxylic acids is 2. The van der Waals surface area contributed by atoms with Crippen LogP contribution in [-0.4, -0.2) is 16.3 Å². The maximum Gasteiger partial charge on any atom is 0.305 e. The molecule has 1 aromatic carbocycles. The molecule has 7 heteroatoms. The molecule has 3 N–H and O–H groups in total. The van der Waals surface area contributed by atoms with Gasteiger partial charge in [0.05, 0.1) is 11.8 Å². The van der Waals surface area contributed by atoms with Crippen LogP contribution in [0.5, 0.6) is 5.75 Å². The summed E-state index contributed by atoms with van der Waals surface area (Å²) < 4.78 is 4.96. The summed E-state index contributed by atoms with van der Waals surface area (Å²) >= 11 is 0.798. The zero-order valence-corrected chi connectivity index (χ0v) is 10.4. The summed E-state index contributed by atoms with van der Waals surface area (Å²) in [6.07, 6.45) is 1.44. The van der Waals surface area contributed by atoms with Crippen molar-refractivity contribution in [3.63, 3.8) is 0 Å². The molecule has 0 saturated heterocycles. The minimum absolute atomic E-state index is 0.0748. The molecule has 2 rings (SSSR count). The second kappa shape index (κ2) is 5.96. The van der Waals surface area contributed by atoms with E-state index in [1.807, 2.05) is 0 Å². The number of hydrogen-bond donors (Lipinski definition) is 3. The van der Waals surface area contributed by atoms with Crippen molar-refractivity contribution in [3.05, 3.63) is 48.2 Å². The first-order valence-electron chi connectivity index (χ1n) is 5.26. The monoisotopic (exact) mass is 278 g/mol. The van der Waals surface area contributed by atoms with E-state index < -0.39 is 11.1 Å². The van der Waals surface area contributed by atoms with Crippen LogP contribution in [0.4, 0.5) is 4.79 Å². The molecule has 0 bridgehead atoms. The standard InChI is InChI=1S/C12H10N2O4S/c15-9-5-2-1-4-8(9)11(16)13-14-12(17)19-10-6-3-7-18-10/h1-7,15H,(H,13,16)(H,14,17). The Morgan fingerprint density at radius 2 is 1.89 bits per heavy atom. The van der Waals surface area contributed by atoms with E-state index in [0.717, 1.165) is 11.8 Å². The van der Waals surface area contributed by atoms with Gasteiger partial charge in [-0.3, -0.25) is 20.4 Å². The Hall–Kier alpha value is -2.41. The molecule has 19 heavy (non-hydrogen) atoms. The van der Waals surface area contributed by atoms with Crippen molar-refractivity contribution < 1.29 is 19.1 Å². The van der Waals surface area contributed by atoms with Gasteiger partial charge in [0, 0.05) is 11.8 Å². The highest BCUT2D eigenvalue weighted by Gasteiger charge is 2.12. The average molecular weight is 278 g/mol. The number of benzene rings is 1. The minimum Gasteiger partial charge on any atom is -0.507 e. The van der Waals surface area contributed by atoms with E-state index in [0.29, 0.717) is 5.09 Å². The van der Waals surface area contributed by atoms with Crippen molar-refractivity contribution in [1.82, 2.24) is 10.9 Å². The van der Waals surface area contributed by atoms with Gasteiger partial charge in [0.15, 0.2) is 5.09 Å². The lowest BCUT2D eigenvalue weighted by atomic mass is 10.2. The lowest BCUT2D eigenvalue weighted by Gasteiger charge is -2.07. The molecule has 0 unspecified atom stereocenters. The fourth-order valence-corrected chi connectivity index (χ4v) is 1.81. The van der Waals surface area contributed by atoms with E-state index in [-0.39, 0.29) is 11.3 Å². The average Bonchev–Trinajstić information content (AvgIpc) is 2.89. The fourth-order valence-electron chi connectivity index (χ4n) is 1.28. The predicted octanol–water partition coefficient (Wildman–Crippen LogP) is 2.13. The van der Waals surface area contributed by atoms with Gasteiger partial charge in [0.25, 0.3) is 5.91 Å². The van der Waals surface area contributed by atoms with Crippen LogP contribution < -0.4 is 10.9 Å². The Labute approximate surface area is 112 Å². The largest absolute Gasteiger partial charge is 0.507 e. The van der Waals surface area contributed by atoms with Crippen LogP contribution in [-0.2, 0) is 0 Å². The first kappa shape index (κ1) is 13.0. The third-order valence-corrected chi connectivity index (χ3v) is 2.84. The number of carbonyl (C=O) groups is 2. The number of hydrogen-bond acceptors (Lipinski definition) is 5. The van der Waals surface area contributed by atoms with Crippen molar-refractivity contribution in [2.45, 2.75) is 5.09 Å². The molecule has 0 aliphatic heterocycles. The van der Waals surface area contributed by atoms with Gasteiger partial charge in [-0.05, 0) is 24.3 Å². The first-order chi connectivity index (χ1) is 9.16. The molecule has 98 valence electrons. The highest BCUT2D eigenvalue weighted by atomic mass is 32.2. The summed E-state index contributed by atoms with van der Waals surface area (Å²) in [6, 6.07) is 9.29. The SMILES string of the molecule is O=C(NNC(=O)c1ccccc1O)Sc1ccco1. The molecule has 0 radical (unpaired) electrons. The van der Waals surface area contributed by atoms with Gasteiger partial charge in [0.2, 0.25) is 0 Å². The van der Waals surface area contributed by atoms with Crippen LogP contribution in [0, 0.1) is 0 Å². The highest BCUT2D eigenvalue weighted by molar-refractivity contribution is 8.13. The van der Waals surface area contributed by atoms with E-state index in [1.165, 1.54) is 18.4 Å². The molecule has 0 atom stereocenters. The van der Waals surface area contributed by atoms with Crippen molar-refractivity contribution in [3.8, 4) is 5.75 Å². The lowest BCUT2D eigenvalue weighted by Crippen LogP contribution is -2.39. The molecule has 0 saturated carbocycles.